The second kappa shape index (κ2) is 7.99. The van der Waals surface area contributed by atoms with Gasteiger partial charge in [-0.05, 0) is 49.3 Å². The largest absolute Gasteiger partial charge is 0.508 e. The number of aromatic hydroxyl groups is 1. The molecule has 0 radical (unpaired) electrons. The SMILES string of the molecule is CC1=C(C(=O)OC[C@H]2CCCO2)[C@H](c2cccc(O)c2)[C@@H]2C(=O)CC(C)(C)CC2=N1. The van der Waals surface area contributed by atoms with Gasteiger partial charge in [-0.15, -0.1) is 0 Å². The molecule has 0 amide bonds. The molecule has 6 nitrogen and oxygen atoms in total. The van der Waals surface area contributed by atoms with E-state index in [1.807, 2.05) is 6.07 Å². The first-order valence-corrected chi connectivity index (χ1v) is 10.6. The highest BCUT2D eigenvalue weighted by Gasteiger charge is 2.47. The number of Topliss-reactive ketones (excluding diaryl/α,β-unsaturated/α-hetero) is 1. The zero-order chi connectivity index (χ0) is 21.5. The molecule has 0 unspecified atom stereocenters. The first-order chi connectivity index (χ1) is 14.2. The topological polar surface area (TPSA) is 85.2 Å². The summed E-state index contributed by atoms with van der Waals surface area (Å²) in [5.41, 5.74) is 2.37. The van der Waals surface area contributed by atoms with Crippen molar-refractivity contribution in [2.24, 2.45) is 16.3 Å². The molecule has 6 heteroatoms. The van der Waals surface area contributed by atoms with Gasteiger partial charge in [0.15, 0.2) is 0 Å². The van der Waals surface area contributed by atoms with Crippen LogP contribution in [-0.4, -0.2) is 41.9 Å². The van der Waals surface area contributed by atoms with Crippen LogP contribution in [0, 0.1) is 11.3 Å². The van der Waals surface area contributed by atoms with Gasteiger partial charge in [0.2, 0.25) is 0 Å². The van der Waals surface area contributed by atoms with Crippen LogP contribution in [0.5, 0.6) is 5.75 Å². The molecule has 2 heterocycles. The number of carbonyl (C=O) groups excluding carboxylic acids is 2. The summed E-state index contributed by atoms with van der Waals surface area (Å²) in [5, 5.41) is 10.1. The maximum atomic E-state index is 13.2. The Balaban J connectivity index is 1.72. The van der Waals surface area contributed by atoms with Crippen molar-refractivity contribution >= 4 is 17.5 Å². The van der Waals surface area contributed by atoms with Crippen molar-refractivity contribution in [1.29, 1.82) is 0 Å². The number of allylic oxidation sites excluding steroid dienone is 1. The molecule has 4 rings (SSSR count). The van der Waals surface area contributed by atoms with Crippen molar-refractivity contribution in [2.75, 3.05) is 13.2 Å². The molecule has 1 aromatic carbocycles. The van der Waals surface area contributed by atoms with E-state index in [9.17, 15) is 14.7 Å². The number of hydrogen-bond acceptors (Lipinski definition) is 6. The third kappa shape index (κ3) is 4.06. The summed E-state index contributed by atoms with van der Waals surface area (Å²) in [7, 11) is 0. The van der Waals surface area contributed by atoms with Crippen molar-refractivity contribution in [3.05, 3.63) is 41.1 Å². The van der Waals surface area contributed by atoms with Crippen LogP contribution in [-0.2, 0) is 19.1 Å². The number of nitrogens with zero attached hydrogens (tertiary/aromatic N) is 1. The predicted octanol–water partition coefficient (Wildman–Crippen LogP) is 3.93. The highest BCUT2D eigenvalue weighted by Crippen LogP contribution is 2.47. The highest BCUT2D eigenvalue weighted by atomic mass is 16.6. The van der Waals surface area contributed by atoms with Crippen molar-refractivity contribution in [1.82, 2.24) is 0 Å². The van der Waals surface area contributed by atoms with Gasteiger partial charge in [0.05, 0.1) is 17.6 Å². The molecule has 1 saturated heterocycles. The fraction of sp³-hybridized carbons (Fsp3) is 0.542. The summed E-state index contributed by atoms with van der Waals surface area (Å²) in [6, 6.07) is 6.79. The predicted molar refractivity (Wildman–Crippen MR) is 112 cm³/mol. The van der Waals surface area contributed by atoms with Gasteiger partial charge >= 0.3 is 5.97 Å². The van der Waals surface area contributed by atoms with E-state index < -0.39 is 17.8 Å². The fourth-order valence-electron chi connectivity index (χ4n) is 4.96. The molecule has 1 aromatic rings. The smallest absolute Gasteiger partial charge is 0.336 e. The van der Waals surface area contributed by atoms with E-state index in [0.717, 1.165) is 24.1 Å². The molecular weight excluding hydrogens is 382 g/mol. The number of phenols is 1. The van der Waals surface area contributed by atoms with E-state index in [-0.39, 0.29) is 29.7 Å². The van der Waals surface area contributed by atoms with Crippen LogP contribution in [0.1, 0.15) is 57.9 Å². The molecule has 160 valence electrons. The van der Waals surface area contributed by atoms with E-state index in [2.05, 4.69) is 13.8 Å². The molecular formula is C24H29NO5. The van der Waals surface area contributed by atoms with Crippen molar-refractivity contribution in [3.63, 3.8) is 0 Å². The molecule has 3 aliphatic rings. The molecule has 1 N–H and O–H groups in total. The number of esters is 1. The lowest BCUT2D eigenvalue weighted by Gasteiger charge is -2.41. The van der Waals surface area contributed by atoms with Crippen LogP contribution in [0.3, 0.4) is 0 Å². The summed E-state index contributed by atoms with van der Waals surface area (Å²) in [6.45, 7) is 6.82. The van der Waals surface area contributed by atoms with Crippen molar-refractivity contribution in [3.8, 4) is 5.75 Å². The first kappa shape index (κ1) is 20.8. The number of rotatable bonds is 4. The first-order valence-electron chi connectivity index (χ1n) is 10.6. The second-order valence-corrected chi connectivity index (χ2v) is 9.37. The number of benzene rings is 1. The van der Waals surface area contributed by atoms with Gasteiger partial charge in [-0.2, -0.15) is 0 Å². The number of aliphatic imine (C=N–C) groups is 1. The van der Waals surface area contributed by atoms with Gasteiger partial charge in [0.1, 0.15) is 18.1 Å². The van der Waals surface area contributed by atoms with Crippen molar-refractivity contribution in [2.45, 2.75) is 58.5 Å². The molecule has 1 saturated carbocycles. The van der Waals surface area contributed by atoms with E-state index in [1.165, 1.54) is 0 Å². The van der Waals surface area contributed by atoms with Crippen LogP contribution in [0.2, 0.25) is 0 Å². The Morgan fingerprint density at radius 3 is 2.80 bits per heavy atom. The Bertz CT molecular complexity index is 923. The summed E-state index contributed by atoms with van der Waals surface area (Å²) >= 11 is 0. The fourth-order valence-corrected chi connectivity index (χ4v) is 4.96. The molecule has 30 heavy (non-hydrogen) atoms. The lowest BCUT2D eigenvalue weighted by atomic mass is 9.63. The maximum absolute atomic E-state index is 13.2. The molecule has 0 aromatic heterocycles. The Labute approximate surface area is 177 Å². The average Bonchev–Trinajstić information content (AvgIpc) is 3.17. The zero-order valence-corrected chi connectivity index (χ0v) is 17.8. The number of hydrogen-bond donors (Lipinski definition) is 1. The van der Waals surface area contributed by atoms with Gasteiger partial charge in [0.25, 0.3) is 0 Å². The second-order valence-electron chi connectivity index (χ2n) is 9.37. The minimum atomic E-state index is -0.509. The normalized spacial score (nSPS) is 28.2. The van der Waals surface area contributed by atoms with E-state index in [1.54, 1.807) is 25.1 Å². The van der Waals surface area contributed by atoms with E-state index >= 15 is 0 Å². The number of ether oxygens (including phenoxy) is 2. The standard InChI is InChI=1S/C24H29NO5/c1-14-20(23(28)30-13-17-8-5-9-29-17)21(15-6-4-7-16(26)10-15)22-18(25-14)11-24(2,3)12-19(22)27/h4,6-7,10,17,21-22,26H,5,8-9,11-13H2,1-3H3/t17-,21+,22+/m1/s1. The average molecular weight is 411 g/mol. The molecule has 2 fully saturated rings. The Kier molecular flexibility index (Phi) is 5.53. The molecule has 2 aliphatic heterocycles. The van der Waals surface area contributed by atoms with Crippen LogP contribution in [0.15, 0.2) is 40.5 Å². The highest BCUT2D eigenvalue weighted by molar-refractivity contribution is 6.12. The summed E-state index contributed by atoms with van der Waals surface area (Å²) < 4.78 is 11.2. The molecule has 0 bridgehead atoms. The quantitative estimate of drug-likeness (QED) is 0.759. The molecule has 3 atom stereocenters. The van der Waals surface area contributed by atoms with Crippen LogP contribution in [0.4, 0.5) is 0 Å². The molecule has 1 aliphatic carbocycles. The van der Waals surface area contributed by atoms with Gasteiger partial charge < -0.3 is 14.6 Å². The minimum Gasteiger partial charge on any atom is -0.508 e. The maximum Gasteiger partial charge on any atom is 0.336 e. The Hall–Kier alpha value is -2.47. The third-order valence-electron chi connectivity index (χ3n) is 6.24. The molecule has 0 spiro atoms. The van der Waals surface area contributed by atoms with Crippen molar-refractivity contribution < 1.29 is 24.2 Å². The van der Waals surface area contributed by atoms with Gasteiger partial charge in [-0.3, -0.25) is 9.79 Å². The number of fused-ring (bicyclic) bond motifs is 1. The summed E-state index contributed by atoms with van der Waals surface area (Å²) in [5.74, 6) is -1.30. The summed E-state index contributed by atoms with van der Waals surface area (Å²) in [4.78, 5) is 31.1. The van der Waals surface area contributed by atoms with Gasteiger partial charge in [-0.25, -0.2) is 4.79 Å². The van der Waals surface area contributed by atoms with E-state index in [4.69, 9.17) is 14.5 Å². The third-order valence-corrected chi connectivity index (χ3v) is 6.24. The minimum absolute atomic E-state index is 0.0751. The van der Waals surface area contributed by atoms with Crippen LogP contribution < -0.4 is 0 Å². The zero-order valence-electron chi connectivity index (χ0n) is 17.8. The van der Waals surface area contributed by atoms with Crippen LogP contribution in [0.25, 0.3) is 0 Å². The summed E-state index contributed by atoms with van der Waals surface area (Å²) in [6.07, 6.45) is 2.90. The lowest BCUT2D eigenvalue weighted by Crippen LogP contribution is -2.44. The monoisotopic (exact) mass is 411 g/mol. The Morgan fingerprint density at radius 1 is 1.30 bits per heavy atom. The van der Waals surface area contributed by atoms with E-state index in [0.29, 0.717) is 30.7 Å². The number of ketones is 1. The number of carbonyl (C=O) groups is 2. The van der Waals surface area contributed by atoms with Crippen LogP contribution >= 0.6 is 0 Å². The lowest BCUT2D eigenvalue weighted by molar-refractivity contribution is -0.142. The Morgan fingerprint density at radius 2 is 2.10 bits per heavy atom. The van der Waals surface area contributed by atoms with Gasteiger partial charge in [-0.1, -0.05) is 26.0 Å². The number of phenolic OH excluding ortho intramolecular Hbond substituents is 1. The van der Waals surface area contributed by atoms with Gasteiger partial charge in [0, 0.05) is 30.4 Å².